The third-order valence-electron chi connectivity index (χ3n) is 2.90. The molecule has 1 atom stereocenters. The number of piperazine rings is 1. The fourth-order valence-electron chi connectivity index (χ4n) is 1.93. The van der Waals surface area contributed by atoms with E-state index in [0.29, 0.717) is 6.04 Å². The van der Waals surface area contributed by atoms with E-state index in [2.05, 4.69) is 10.6 Å². The van der Waals surface area contributed by atoms with Crippen molar-refractivity contribution in [3.05, 3.63) is 24.3 Å². The van der Waals surface area contributed by atoms with Crippen LogP contribution in [0, 0.1) is 0 Å². The minimum atomic E-state index is 0.523. The molecule has 0 bridgehead atoms. The molecule has 2 rings (SSSR count). The van der Waals surface area contributed by atoms with Crippen molar-refractivity contribution in [3.63, 3.8) is 0 Å². The quantitative estimate of drug-likeness (QED) is 0.801. The standard InChI is InChI=1S/C13H20N2O2/c1-16-12-3-2-4-13(9-12)17-8-5-11-10-14-6-7-15-11/h2-4,9,11,14-15H,5-8,10H2,1H3. The predicted molar refractivity (Wildman–Crippen MR) is 67.8 cm³/mol. The van der Waals surface area contributed by atoms with Gasteiger partial charge in [0.1, 0.15) is 11.5 Å². The number of benzene rings is 1. The van der Waals surface area contributed by atoms with Crippen LogP contribution < -0.4 is 20.1 Å². The Bertz CT molecular complexity index is 338. The van der Waals surface area contributed by atoms with Crippen LogP contribution in [0.5, 0.6) is 11.5 Å². The molecule has 4 heteroatoms. The Morgan fingerprint density at radius 2 is 2.18 bits per heavy atom. The van der Waals surface area contributed by atoms with E-state index in [4.69, 9.17) is 9.47 Å². The SMILES string of the molecule is COc1cccc(OCCC2CNCCN2)c1. The van der Waals surface area contributed by atoms with Crippen LogP contribution in [0.15, 0.2) is 24.3 Å². The Kier molecular flexibility index (Phi) is 4.64. The van der Waals surface area contributed by atoms with Gasteiger partial charge in [-0.05, 0) is 18.6 Å². The van der Waals surface area contributed by atoms with Crippen molar-refractivity contribution >= 4 is 0 Å². The van der Waals surface area contributed by atoms with Crippen LogP contribution in [0.1, 0.15) is 6.42 Å². The third-order valence-corrected chi connectivity index (χ3v) is 2.90. The molecular weight excluding hydrogens is 216 g/mol. The molecule has 1 aliphatic rings. The second kappa shape index (κ2) is 6.47. The Hall–Kier alpha value is -1.26. The van der Waals surface area contributed by atoms with E-state index < -0.39 is 0 Å². The molecule has 17 heavy (non-hydrogen) atoms. The van der Waals surface area contributed by atoms with Gasteiger partial charge in [-0.2, -0.15) is 0 Å². The molecule has 0 amide bonds. The van der Waals surface area contributed by atoms with Crippen LogP contribution in [0.4, 0.5) is 0 Å². The fourth-order valence-corrected chi connectivity index (χ4v) is 1.93. The van der Waals surface area contributed by atoms with Crippen molar-refractivity contribution in [3.8, 4) is 11.5 Å². The minimum Gasteiger partial charge on any atom is -0.497 e. The highest BCUT2D eigenvalue weighted by Crippen LogP contribution is 2.18. The van der Waals surface area contributed by atoms with E-state index >= 15 is 0 Å². The van der Waals surface area contributed by atoms with Gasteiger partial charge in [0.05, 0.1) is 13.7 Å². The van der Waals surface area contributed by atoms with Gasteiger partial charge < -0.3 is 20.1 Å². The highest BCUT2D eigenvalue weighted by atomic mass is 16.5. The average Bonchev–Trinajstić information content (AvgIpc) is 2.40. The maximum atomic E-state index is 5.70. The highest BCUT2D eigenvalue weighted by molar-refractivity contribution is 5.32. The van der Waals surface area contributed by atoms with E-state index in [1.165, 1.54) is 0 Å². The lowest BCUT2D eigenvalue weighted by Gasteiger charge is -2.24. The molecule has 0 aliphatic carbocycles. The molecule has 0 radical (unpaired) electrons. The molecule has 1 unspecified atom stereocenters. The number of methoxy groups -OCH3 is 1. The minimum absolute atomic E-state index is 0.523. The lowest BCUT2D eigenvalue weighted by atomic mass is 10.2. The Morgan fingerprint density at radius 1 is 1.29 bits per heavy atom. The fraction of sp³-hybridized carbons (Fsp3) is 0.538. The molecule has 1 saturated heterocycles. The Labute approximate surface area is 102 Å². The van der Waals surface area contributed by atoms with Crippen molar-refractivity contribution in [1.29, 1.82) is 0 Å². The van der Waals surface area contributed by atoms with Crippen LogP contribution in [0.25, 0.3) is 0 Å². The second-order valence-corrected chi connectivity index (χ2v) is 4.17. The number of hydrogen-bond acceptors (Lipinski definition) is 4. The van der Waals surface area contributed by atoms with Crippen LogP contribution in [0.3, 0.4) is 0 Å². The van der Waals surface area contributed by atoms with Gasteiger partial charge in [0, 0.05) is 31.7 Å². The van der Waals surface area contributed by atoms with Crippen molar-refractivity contribution in [1.82, 2.24) is 10.6 Å². The topological polar surface area (TPSA) is 42.5 Å². The first-order chi connectivity index (χ1) is 8.38. The molecular formula is C13H20N2O2. The second-order valence-electron chi connectivity index (χ2n) is 4.17. The molecule has 0 saturated carbocycles. The summed E-state index contributed by atoms with van der Waals surface area (Å²) in [5.41, 5.74) is 0. The van der Waals surface area contributed by atoms with Crippen molar-refractivity contribution in [2.75, 3.05) is 33.4 Å². The van der Waals surface area contributed by atoms with Crippen LogP contribution in [0.2, 0.25) is 0 Å². The zero-order valence-electron chi connectivity index (χ0n) is 10.2. The summed E-state index contributed by atoms with van der Waals surface area (Å²) < 4.78 is 10.9. The molecule has 1 heterocycles. The molecule has 0 spiro atoms. The summed E-state index contributed by atoms with van der Waals surface area (Å²) in [5.74, 6) is 1.70. The van der Waals surface area contributed by atoms with Crippen molar-refractivity contribution in [2.24, 2.45) is 0 Å². The third kappa shape index (κ3) is 3.91. The van der Waals surface area contributed by atoms with Gasteiger partial charge in [-0.15, -0.1) is 0 Å². The zero-order chi connectivity index (χ0) is 11.9. The number of rotatable bonds is 5. The smallest absolute Gasteiger partial charge is 0.122 e. The Morgan fingerprint density at radius 3 is 2.94 bits per heavy atom. The van der Waals surface area contributed by atoms with E-state index in [9.17, 15) is 0 Å². The lowest BCUT2D eigenvalue weighted by Crippen LogP contribution is -2.48. The maximum Gasteiger partial charge on any atom is 0.122 e. The van der Waals surface area contributed by atoms with E-state index in [0.717, 1.165) is 44.2 Å². The summed E-state index contributed by atoms with van der Waals surface area (Å²) in [6, 6.07) is 8.24. The van der Waals surface area contributed by atoms with Gasteiger partial charge in [-0.25, -0.2) is 0 Å². The van der Waals surface area contributed by atoms with Gasteiger partial charge >= 0.3 is 0 Å². The van der Waals surface area contributed by atoms with E-state index in [-0.39, 0.29) is 0 Å². The molecule has 1 aliphatic heterocycles. The lowest BCUT2D eigenvalue weighted by molar-refractivity contribution is 0.272. The van der Waals surface area contributed by atoms with Crippen LogP contribution in [-0.2, 0) is 0 Å². The summed E-state index contributed by atoms with van der Waals surface area (Å²) in [4.78, 5) is 0. The average molecular weight is 236 g/mol. The number of hydrogen-bond donors (Lipinski definition) is 2. The molecule has 2 N–H and O–H groups in total. The molecule has 94 valence electrons. The van der Waals surface area contributed by atoms with Gasteiger partial charge in [-0.1, -0.05) is 6.07 Å². The predicted octanol–water partition coefficient (Wildman–Crippen LogP) is 1.03. The summed E-state index contributed by atoms with van der Waals surface area (Å²) >= 11 is 0. The summed E-state index contributed by atoms with van der Waals surface area (Å²) in [6.07, 6.45) is 1.02. The molecule has 4 nitrogen and oxygen atoms in total. The largest absolute Gasteiger partial charge is 0.497 e. The van der Waals surface area contributed by atoms with E-state index in [1.807, 2.05) is 24.3 Å². The molecule has 1 aromatic rings. The van der Waals surface area contributed by atoms with E-state index in [1.54, 1.807) is 7.11 Å². The number of nitrogens with one attached hydrogen (secondary N) is 2. The highest BCUT2D eigenvalue weighted by Gasteiger charge is 2.11. The monoisotopic (exact) mass is 236 g/mol. The van der Waals surface area contributed by atoms with Crippen molar-refractivity contribution in [2.45, 2.75) is 12.5 Å². The summed E-state index contributed by atoms with van der Waals surface area (Å²) in [5, 5.41) is 6.82. The van der Waals surface area contributed by atoms with Crippen LogP contribution in [-0.4, -0.2) is 39.4 Å². The van der Waals surface area contributed by atoms with Gasteiger partial charge in [0.25, 0.3) is 0 Å². The molecule has 1 fully saturated rings. The summed E-state index contributed by atoms with van der Waals surface area (Å²) in [6.45, 7) is 3.87. The zero-order valence-corrected chi connectivity index (χ0v) is 10.2. The van der Waals surface area contributed by atoms with Gasteiger partial charge in [0.15, 0.2) is 0 Å². The molecule has 1 aromatic carbocycles. The summed E-state index contributed by atoms with van der Waals surface area (Å²) in [7, 11) is 1.66. The maximum absolute atomic E-state index is 5.70. The normalized spacial score (nSPS) is 19.9. The van der Waals surface area contributed by atoms with Crippen molar-refractivity contribution < 1.29 is 9.47 Å². The van der Waals surface area contributed by atoms with Gasteiger partial charge in [-0.3, -0.25) is 0 Å². The number of ether oxygens (including phenoxy) is 2. The molecule has 0 aromatic heterocycles. The van der Waals surface area contributed by atoms with Gasteiger partial charge in [0.2, 0.25) is 0 Å². The Balaban J connectivity index is 1.73. The first kappa shape index (κ1) is 12.2. The first-order valence-corrected chi connectivity index (χ1v) is 6.09. The first-order valence-electron chi connectivity index (χ1n) is 6.09. The van der Waals surface area contributed by atoms with Crippen LogP contribution >= 0.6 is 0 Å².